The molecule has 1 saturated heterocycles. The number of H-pyrrole nitrogens is 1. The number of imidazole rings is 1. The summed E-state index contributed by atoms with van der Waals surface area (Å²) in [7, 11) is 0. The van der Waals surface area contributed by atoms with Crippen LogP contribution in [-0.4, -0.2) is 63.1 Å². The number of nitrogens with one attached hydrogen (secondary N) is 1. The van der Waals surface area contributed by atoms with E-state index in [4.69, 9.17) is 0 Å². The number of fused-ring (bicyclic) bond motifs is 1. The molecule has 7 nitrogen and oxygen atoms in total. The molecule has 2 aliphatic rings. The van der Waals surface area contributed by atoms with Gasteiger partial charge < -0.3 is 19.9 Å². The minimum atomic E-state index is -0.433. The van der Waals surface area contributed by atoms with Crippen LogP contribution in [0.3, 0.4) is 0 Å². The quantitative estimate of drug-likeness (QED) is 0.795. The maximum atomic E-state index is 15.1. The van der Waals surface area contributed by atoms with Gasteiger partial charge in [0, 0.05) is 43.4 Å². The fourth-order valence-corrected chi connectivity index (χ4v) is 4.20. The van der Waals surface area contributed by atoms with Crippen molar-refractivity contribution >= 4 is 11.7 Å². The highest BCUT2D eigenvalue weighted by molar-refractivity contribution is 5.89. The van der Waals surface area contributed by atoms with Crippen LogP contribution in [0, 0.1) is 5.82 Å². The first-order chi connectivity index (χ1) is 13.6. The molecule has 2 aromatic heterocycles. The molecule has 0 spiro atoms. The molecule has 0 saturated carbocycles. The molecular weight excluding hydrogens is 361 g/mol. The molecule has 2 aliphatic heterocycles. The van der Waals surface area contributed by atoms with Crippen LogP contribution in [0.2, 0.25) is 0 Å². The van der Waals surface area contributed by atoms with Crippen molar-refractivity contribution in [3.63, 3.8) is 0 Å². The number of carbonyl (C=O) groups is 1. The largest absolute Gasteiger partial charge is 0.395 e. The van der Waals surface area contributed by atoms with Crippen LogP contribution in [0.4, 0.5) is 10.2 Å². The van der Waals surface area contributed by atoms with Gasteiger partial charge in [0.2, 0.25) is 5.91 Å². The molecule has 0 bridgehead atoms. The van der Waals surface area contributed by atoms with Crippen molar-refractivity contribution in [3.05, 3.63) is 42.3 Å². The SMILES string of the molecule is CCN(CCO)c1nccc(-c2cnc(C3CCN4C(=O)C=CCC34)[nH]2)c1F. The average molecular weight is 385 g/mol. The predicted molar refractivity (Wildman–Crippen MR) is 103 cm³/mol. The first-order valence-corrected chi connectivity index (χ1v) is 9.66. The van der Waals surface area contributed by atoms with Crippen LogP contribution in [0.1, 0.15) is 31.5 Å². The van der Waals surface area contributed by atoms with Gasteiger partial charge in [-0.25, -0.2) is 14.4 Å². The van der Waals surface area contributed by atoms with E-state index in [1.807, 2.05) is 17.9 Å². The van der Waals surface area contributed by atoms with E-state index in [0.717, 1.165) is 25.2 Å². The van der Waals surface area contributed by atoms with Crippen molar-refractivity contribution in [2.24, 2.45) is 0 Å². The van der Waals surface area contributed by atoms with E-state index >= 15 is 4.39 Å². The van der Waals surface area contributed by atoms with Gasteiger partial charge in [-0.1, -0.05) is 6.08 Å². The Hall–Kier alpha value is -2.74. The Kier molecular flexibility index (Phi) is 5.13. The number of hydrogen-bond acceptors (Lipinski definition) is 5. The molecule has 0 aliphatic carbocycles. The van der Waals surface area contributed by atoms with Crippen molar-refractivity contribution < 1.29 is 14.3 Å². The number of nitrogens with zero attached hydrogens (tertiary/aromatic N) is 4. The minimum absolute atomic E-state index is 0.0545. The van der Waals surface area contributed by atoms with Crippen LogP contribution in [0.25, 0.3) is 11.3 Å². The number of hydrogen-bond donors (Lipinski definition) is 2. The van der Waals surface area contributed by atoms with Gasteiger partial charge in [-0.3, -0.25) is 4.79 Å². The van der Waals surface area contributed by atoms with Gasteiger partial charge in [-0.15, -0.1) is 0 Å². The van der Waals surface area contributed by atoms with Gasteiger partial charge in [-0.2, -0.15) is 0 Å². The van der Waals surface area contributed by atoms with E-state index in [-0.39, 0.29) is 30.3 Å². The highest BCUT2D eigenvalue weighted by Crippen LogP contribution is 2.37. The minimum Gasteiger partial charge on any atom is -0.395 e. The molecule has 0 radical (unpaired) electrons. The molecule has 1 amide bonds. The molecule has 2 unspecified atom stereocenters. The lowest BCUT2D eigenvalue weighted by atomic mass is 9.95. The molecule has 2 atom stereocenters. The number of aliphatic hydroxyl groups is 1. The van der Waals surface area contributed by atoms with Crippen molar-refractivity contribution in [3.8, 4) is 11.3 Å². The van der Waals surface area contributed by atoms with Gasteiger partial charge in [0.15, 0.2) is 11.6 Å². The zero-order chi connectivity index (χ0) is 19.7. The van der Waals surface area contributed by atoms with Crippen molar-refractivity contribution in [1.29, 1.82) is 0 Å². The van der Waals surface area contributed by atoms with E-state index in [9.17, 15) is 9.90 Å². The summed E-state index contributed by atoms with van der Waals surface area (Å²) < 4.78 is 15.1. The van der Waals surface area contributed by atoms with Gasteiger partial charge in [0.1, 0.15) is 5.82 Å². The standard InChI is InChI=1S/C20H24FN5O2/c1-2-25(10-11-27)20-18(21)13(6-8-22-20)15-12-23-19(24-15)14-7-9-26-16(14)4-3-5-17(26)28/h3,5-6,8,12,14,16,27H,2,4,7,9-11H2,1H3,(H,23,24). The fourth-order valence-electron chi connectivity index (χ4n) is 4.20. The van der Waals surface area contributed by atoms with E-state index in [0.29, 0.717) is 24.3 Å². The van der Waals surface area contributed by atoms with Crippen molar-refractivity contribution in [2.45, 2.75) is 31.7 Å². The number of rotatable bonds is 6. The summed E-state index contributed by atoms with van der Waals surface area (Å²) in [5, 5.41) is 9.20. The number of aromatic amines is 1. The average Bonchev–Trinajstić information content (AvgIpc) is 3.34. The highest BCUT2D eigenvalue weighted by Gasteiger charge is 2.39. The number of amides is 1. The number of likely N-dealkylation sites (N-methyl/N-ethyl adjacent to an activating group) is 1. The second kappa shape index (κ2) is 7.71. The van der Waals surface area contributed by atoms with E-state index in [2.05, 4.69) is 15.0 Å². The Bertz CT molecular complexity index is 896. The Morgan fingerprint density at radius 2 is 2.29 bits per heavy atom. The topological polar surface area (TPSA) is 85.3 Å². The number of aliphatic hydroxyl groups excluding tert-OH is 1. The molecule has 2 N–H and O–H groups in total. The van der Waals surface area contributed by atoms with Crippen molar-refractivity contribution in [2.75, 3.05) is 31.1 Å². The number of carbonyl (C=O) groups excluding carboxylic acids is 1. The summed E-state index contributed by atoms with van der Waals surface area (Å²) in [6.45, 7) is 3.40. The molecule has 8 heteroatoms. The third kappa shape index (κ3) is 3.17. The smallest absolute Gasteiger partial charge is 0.246 e. The Morgan fingerprint density at radius 1 is 1.43 bits per heavy atom. The van der Waals surface area contributed by atoms with Gasteiger partial charge >= 0.3 is 0 Å². The molecule has 1 fully saturated rings. The normalized spacial score (nSPS) is 21.2. The summed E-state index contributed by atoms with van der Waals surface area (Å²) >= 11 is 0. The molecule has 28 heavy (non-hydrogen) atoms. The number of aromatic nitrogens is 3. The van der Waals surface area contributed by atoms with Gasteiger partial charge in [0.05, 0.1) is 18.5 Å². The van der Waals surface area contributed by atoms with E-state index in [1.165, 1.54) is 0 Å². The van der Waals surface area contributed by atoms with Gasteiger partial charge in [-0.05, 0) is 31.9 Å². The predicted octanol–water partition coefficient (Wildman–Crippen LogP) is 2.07. The number of anilines is 1. The van der Waals surface area contributed by atoms with Crippen molar-refractivity contribution in [1.82, 2.24) is 19.9 Å². The molecule has 0 aromatic carbocycles. The first kappa shape index (κ1) is 18.6. The van der Waals surface area contributed by atoms with Crippen LogP contribution < -0.4 is 4.90 Å². The number of pyridine rings is 1. The molecular formula is C20H24FN5O2. The number of halogens is 1. The molecule has 148 valence electrons. The zero-order valence-electron chi connectivity index (χ0n) is 15.8. The highest BCUT2D eigenvalue weighted by atomic mass is 19.1. The van der Waals surface area contributed by atoms with Crippen LogP contribution >= 0.6 is 0 Å². The Balaban J connectivity index is 1.62. The Labute approximate surface area is 162 Å². The second-order valence-corrected chi connectivity index (χ2v) is 7.11. The lowest BCUT2D eigenvalue weighted by molar-refractivity contribution is -0.127. The van der Waals surface area contributed by atoms with Crippen LogP contribution in [0.5, 0.6) is 0 Å². The lowest BCUT2D eigenvalue weighted by Gasteiger charge is -2.28. The van der Waals surface area contributed by atoms with E-state index in [1.54, 1.807) is 29.4 Å². The van der Waals surface area contributed by atoms with Crippen LogP contribution in [-0.2, 0) is 4.79 Å². The third-order valence-electron chi connectivity index (χ3n) is 5.63. The summed E-state index contributed by atoms with van der Waals surface area (Å²) in [5.74, 6) is 0.746. The first-order valence-electron chi connectivity index (χ1n) is 9.66. The van der Waals surface area contributed by atoms with E-state index < -0.39 is 5.82 Å². The third-order valence-corrected chi connectivity index (χ3v) is 5.63. The fraction of sp³-hybridized carbons (Fsp3) is 0.450. The second-order valence-electron chi connectivity index (χ2n) is 7.11. The Morgan fingerprint density at radius 3 is 3.07 bits per heavy atom. The maximum Gasteiger partial charge on any atom is 0.246 e. The summed E-state index contributed by atoms with van der Waals surface area (Å²) in [6.07, 6.45) is 8.41. The monoisotopic (exact) mass is 385 g/mol. The summed E-state index contributed by atoms with van der Waals surface area (Å²) in [4.78, 5) is 27.6. The summed E-state index contributed by atoms with van der Waals surface area (Å²) in [5.41, 5.74) is 0.988. The van der Waals surface area contributed by atoms with Crippen LogP contribution in [0.15, 0.2) is 30.6 Å². The summed E-state index contributed by atoms with van der Waals surface area (Å²) in [6, 6.07) is 1.73. The zero-order valence-corrected chi connectivity index (χ0v) is 15.8. The van der Waals surface area contributed by atoms with Gasteiger partial charge in [0.25, 0.3) is 0 Å². The maximum absolute atomic E-state index is 15.1. The molecule has 4 heterocycles. The molecule has 2 aromatic rings. The lowest BCUT2D eigenvalue weighted by Crippen LogP contribution is -2.38. The molecule has 4 rings (SSSR count).